The third-order valence-corrected chi connectivity index (χ3v) is 3.04. The van der Waals surface area contributed by atoms with E-state index in [4.69, 9.17) is 4.74 Å². The van der Waals surface area contributed by atoms with Gasteiger partial charge in [-0.3, -0.25) is 0 Å². The zero-order chi connectivity index (χ0) is 13.0. The molecule has 4 nitrogen and oxygen atoms in total. The Morgan fingerprint density at radius 1 is 1.28 bits per heavy atom. The molecule has 0 saturated carbocycles. The highest BCUT2D eigenvalue weighted by Gasteiger charge is 2.14. The van der Waals surface area contributed by atoms with Gasteiger partial charge in [-0.15, -0.1) is 0 Å². The predicted octanol–water partition coefficient (Wildman–Crippen LogP) is 2.71. The lowest BCUT2D eigenvalue weighted by atomic mass is 10.0. The van der Waals surface area contributed by atoms with Crippen LogP contribution in [-0.2, 0) is 4.74 Å². The monoisotopic (exact) mass is 245 g/mol. The summed E-state index contributed by atoms with van der Waals surface area (Å²) in [6, 6.07) is 8.26. The first-order valence-corrected chi connectivity index (χ1v) is 6.18. The van der Waals surface area contributed by atoms with Crippen LogP contribution in [0.15, 0.2) is 30.5 Å². The average Bonchev–Trinajstić information content (AvgIpc) is 2.38. The van der Waals surface area contributed by atoms with Crippen molar-refractivity contribution < 1.29 is 4.74 Å². The molecule has 1 aromatic heterocycles. The molecule has 1 atom stereocenters. The lowest BCUT2D eigenvalue weighted by Gasteiger charge is -2.23. The highest BCUT2D eigenvalue weighted by Crippen LogP contribution is 2.21. The summed E-state index contributed by atoms with van der Waals surface area (Å²) in [6.45, 7) is 5.02. The first kappa shape index (κ1) is 12.8. The number of anilines is 1. The molecule has 1 aromatic carbocycles. The molecule has 96 valence electrons. The Bertz CT molecular complexity index is 508. The van der Waals surface area contributed by atoms with Gasteiger partial charge < -0.3 is 10.1 Å². The summed E-state index contributed by atoms with van der Waals surface area (Å²) >= 11 is 0. The molecular weight excluding hydrogens is 226 g/mol. The Hall–Kier alpha value is -1.68. The Balaban J connectivity index is 2.30. The third kappa shape index (κ3) is 2.76. The molecule has 2 aromatic rings. The van der Waals surface area contributed by atoms with Gasteiger partial charge in [0, 0.05) is 12.5 Å². The van der Waals surface area contributed by atoms with Gasteiger partial charge in [0.1, 0.15) is 0 Å². The number of ether oxygens (including phenoxy) is 1. The molecule has 1 unspecified atom stereocenters. The van der Waals surface area contributed by atoms with Crippen molar-refractivity contribution in [3.63, 3.8) is 0 Å². The van der Waals surface area contributed by atoms with Crippen LogP contribution in [0.5, 0.6) is 0 Å². The van der Waals surface area contributed by atoms with Crippen LogP contribution in [0.25, 0.3) is 10.9 Å². The quantitative estimate of drug-likeness (QED) is 0.879. The van der Waals surface area contributed by atoms with Crippen LogP contribution in [-0.4, -0.2) is 30.0 Å². The SMILES string of the molecule is COCC(Nc1cnnc2ccccc12)C(C)C. The molecule has 4 heteroatoms. The number of nitrogens with one attached hydrogen (secondary N) is 1. The average molecular weight is 245 g/mol. The first-order chi connectivity index (χ1) is 8.72. The predicted molar refractivity (Wildman–Crippen MR) is 73.7 cm³/mol. The second kappa shape index (κ2) is 5.78. The Morgan fingerprint density at radius 3 is 2.78 bits per heavy atom. The lowest BCUT2D eigenvalue weighted by Crippen LogP contribution is -2.30. The molecule has 2 rings (SSSR count). The normalized spacial score (nSPS) is 12.9. The minimum atomic E-state index is 0.266. The number of nitrogens with zero attached hydrogens (tertiary/aromatic N) is 2. The number of fused-ring (bicyclic) bond motifs is 1. The number of methoxy groups -OCH3 is 1. The molecule has 18 heavy (non-hydrogen) atoms. The molecule has 1 heterocycles. The number of hydrogen-bond donors (Lipinski definition) is 1. The van der Waals surface area contributed by atoms with E-state index in [2.05, 4.69) is 35.4 Å². The van der Waals surface area contributed by atoms with Crippen LogP contribution in [0, 0.1) is 5.92 Å². The van der Waals surface area contributed by atoms with E-state index < -0.39 is 0 Å². The summed E-state index contributed by atoms with van der Waals surface area (Å²) in [4.78, 5) is 0. The van der Waals surface area contributed by atoms with Gasteiger partial charge in [0.05, 0.1) is 30.0 Å². The van der Waals surface area contributed by atoms with Gasteiger partial charge in [-0.25, -0.2) is 0 Å². The first-order valence-electron chi connectivity index (χ1n) is 6.18. The van der Waals surface area contributed by atoms with Crippen LogP contribution in [0.4, 0.5) is 5.69 Å². The van der Waals surface area contributed by atoms with Crippen molar-refractivity contribution in [2.75, 3.05) is 19.0 Å². The zero-order valence-electron chi connectivity index (χ0n) is 11.1. The molecule has 0 aliphatic heterocycles. The fraction of sp³-hybridized carbons (Fsp3) is 0.429. The van der Waals surface area contributed by atoms with E-state index in [1.807, 2.05) is 18.2 Å². The van der Waals surface area contributed by atoms with E-state index >= 15 is 0 Å². The van der Waals surface area contributed by atoms with Crippen molar-refractivity contribution in [3.05, 3.63) is 30.5 Å². The summed E-state index contributed by atoms with van der Waals surface area (Å²) in [6.07, 6.45) is 1.77. The van der Waals surface area contributed by atoms with Crippen molar-refractivity contribution in [2.45, 2.75) is 19.9 Å². The van der Waals surface area contributed by atoms with Crippen LogP contribution in [0.2, 0.25) is 0 Å². The van der Waals surface area contributed by atoms with E-state index in [9.17, 15) is 0 Å². The fourth-order valence-electron chi connectivity index (χ4n) is 1.90. The van der Waals surface area contributed by atoms with Crippen LogP contribution in [0.3, 0.4) is 0 Å². The number of benzene rings is 1. The third-order valence-electron chi connectivity index (χ3n) is 3.04. The van der Waals surface area contributed by atoms with Gasteiger partial charge in [0.25, 0.3) is 0 Å². The highest BCUT2D eigenvalue weighted by molar-refractivity contribution is 5.90. The van der Waals surface area contributed by atoms with Crippen LogP contribution >= 0.6 is 0 Å². The number of aromatic nitrogens is 2. The molecule has 0 fully saturated rings. The molecule has 0 radical (unpaired) electrons. The Morgan fingerprint density at radius 2 is 2.06 bits per heavy atom. The van der Waals surface area contributed by atoms with E-state index in [1.54, 1.807) is 13.3 Å². The summed E-state index contributed by atoms with van der Waals surface area (Å²) < 4.78 is 5.25. The maximum atomic E-state index is 5.25. The maximum Gasteiger partial charge on any atom is 0.0950 e. The summed E-state index contributed by atoms with van der Waals surface area (Å²) in [5.41, 5.74) is 1.92. The molecule has 0 amide bonds. The maximum absolute atomic E-state index is 5.25. The Labute approximate surface area is 107 Å². The Kier molecular flexibility index (Phi) is 4.10. The lowest BCUT2D eigenvalue weighted by molar-refractivity contribution is 0.171. The van der Waals surface area contributed by atoms with E-state index in [0.29, 0.717) is 12.5 Å². The molecular formula is C14H19N3O. The largest absolute Gasteiger partial charge is 0.383 e. The van der Waals surface area contributed by atoms with Crippen molar-refractivity contribution in [1.82, 2.24) is 10.2 Å². The van der Waals surface area contributed by atoms with E-state index in [1.165, 1.54) is 0 Å². The number of hydrogen-bond acceptors (Lipinski definition) is 4. The second-order valence-electron chi connectivity index (χ2n) is 4.73. The fourth-order valence-corrected chi connectivity index (χ4v) is 1.90. The van der Waals surface area contributed by atoms with Crippen molar-refractivity contribution in [1.29, 1.82) is 0 Å². The minimum Gasteiger partial charge on any atom is -0.383 e. The summed E-state index contributed by atoms with van der Waals surface area (Å²) in [5.74, 6) is 0.483. The van der Waals surface area contributed by atoms with Crippen molar-refractivity contribution in [3.8, 4) is 0 Å². The zero-order valence-corrected chi connectivity index (χ0v) is 11.1. The van der Waals surface area contributed by atoms with Gasteiger partial charge in [-0.05, 0) is 12.0 Å². The molecule has 0 bridgehead atoms. The van der Waals surface area contributed by atoms with Gasteiger partial charge in [-0.1, -0.05) is 32.0 Å². The topological polar surface area (TPSA) is 47.0 Å². The van der Waals surface area contributed by atoms with Crippen molar-refractivity contribution in [2.24, 2.45) is 5.92 Å². The second-order valence-corrected chi connectivity index (χ2v) is 4.73. The van der Waals surface area contributed by atoms with Crippen molar-refractivity contribution >= 4 is 16.6 Å². The van der Waals surface area contributed by atoms with Gasteiger partial charge >= 0.3 is 0 Å². The summed E-state index contributed by atoms with van der Waals surface area (Å²) in [7, 11) is 1.72. The smallest absolute Gasteiger partial charge is 0.0950 e. The van der Waals surface area contributed by atoms with Crippen LogP contribution in [0.1, 0.15) is 13.8 Å². The van der Waals surface area contributed by atoms with E-state index in [0.717, 1.165) is 16.6 Å². The van der Waals surface area contributed by atoms with Crippen LogP contribution < -0.4 is 5.32 Å². The van der Waals surface area contributed by atoms with Gasteiger partial charge in [0.15, 0.2) is 0 Å². The minimum absolute atomic E-state index is 0.266. The van der Waals surface area contributed by atoms with Gasteiger partial charge in [0.2, 0.25) is 0 Å². The number of rotatable bonds is 5. The molecule has 0 saturated heterocycles. The highest BCUT2D eigenvalue weighted by atomic mass is 16.5. The molecule has 0 aliphatic rings. The molecule has 0 spiro atoms. The standard InChI is InChI=1S/C14H19N3O/c1-10(2)14(9-18-3)16-13-8-15-17-12-7-5-4-6-11(12)13/h4-8,10,14H,9H2,1-3H3,(H,16,17). The molecule has 1 N–H and O–H groups in total. The molecule has 0 aliphatic carbocycles. The van der Waals surface area contributed by atoms with Gasteiger partial charge in [-0.2, -0.15) is 10.2 Å². The summed E-state index contributed by atoms with van der Waals surface area (Å²) in [5, 5.41) is 12.7. The van der Waals surface area contributed by atoms with E-state index in [-0.39, 0.29) is 6.04 Å².